The molecule has 1 N–H and O–H groups in total. The van der Waals surface area contributed by atoms with Gasteiger partial charge in [0.25, 0.3) is 11.8 Å². The van der Waals surface area contributed by atoms with Crippen LogP contribution in [0.4, 0.5) is 5.69 Å². The minimum Gasteiger partial charge on any atom is -0.367 e. The van der Waals surface area contributed by atoms with E-state index in [4.69, 9.17) is 11.6 Å². The summed E-state index contributed by atoms with van der Waals surface area (Å²) in [5.74, 6) is -2.32. The van der Waals surface area contributed by atoms with Gasteiger partial charge in [-0.05, 0) is 18.6 Å². The third kappa shape index (κ3) is 3.25. The molecular weight excluding hydrogens is 400 g/mol. The van der Waals surface area contributed by atoms with Gasteiger partial charge in [-0.15, -0.1) is 11.6 Å². The van der Waals surface area contributed by atoms with Crippen molar-refractivity contribution in [3.63, 3.8) is 0 Å². The zero-order chi connectivity index (χ0) is 20.7. The Morgan fingerprint density at radius 2 is 1.79 bits per heavy atom. The largest absolute Gasteiger partial charge is 0.367 e. The zero-order valence-electron chi connectivity index (χ0n) is 15.5. The Morgan fingerprint density at radius 1 is 1.07 bits per heavy atom. The number of alkyl halides is 1. The number of rotatable bonds is 3. The molecule has 0 aliphatic carbocycles. The molecule has 1 aromatic carbocycles. The molecule has 4 rings (SSSR count). The van der Waals surface area contributed by atoms with Crippen molar-refractivity contribution in [1.29, 1.82) is 0 Å². The third-order valence-electron chi connectivity index (χ3n) is 5.53. The first-order valence-corrected chi connectivity index (χ1v) is 9.89. The van der Waals surface area contributed by atoms with Crippen molar-refractivity contribution in [1.82, 2.24) is 15.1 Å². The fraction of sp³-hybridized carbons (Fsp3) is 0.421. The number of imide groups is 2. The highest BCUT2D eigenvalue weighted by Gasteiger charge is 2.46. The van der Waals surface area contributed by atoms with Gasteiger partial charge in [0.05, 0.1) is 16.8 Å². The number of halogens is 1. The maximum Gasteiger partial charge on any atom is 0.264 e. The summed E-state index contributed by atoms with van der Waals surface area (Å²) in [5, 5.41) is 2.19. The van der Waals surface area contributed by atoms with Crippen LogP contribution in [0.2, 0.25) is 0 Å². The molecule has 3 aliphatic rings. The number of nitrogens with zero attached hydrogens (tertiary/aromatic N) is 3. The second kappa shape index (κ2) is 7.47. The third-order valence-corrected chi connectivity index (χ3v) is 5.76. The van der Waals surface area contributed by atoms with E-state index in [1.807, 2.05) is 4.90 Å². The van der Waals surface area contributed by atoms with E-state index >= 15 is 0 Å². The maximum absolute atomic E-state index is 13.1. The van der Waals surface area contributed by atoms with Crippen LogP contribution >= 0.6 is 11.6 Å². The number of amides is 5. The lowest BCUT2D eigenvalue weighted by Gasteiger charge is -2.36. The van der Waals surface area contributed by atoms with Gasteiger partial charge in [-0.2, -0.15) is 0 Å². The highest BCUT2D eigenvalue weighted by molar-refractivity contribution is 6.27. The molecule has 2 saturated heterocycles. The minimum absolute atomic E-state index is 0.0748. The smallest absolute Gasteiger partial charge is 0.264 e. The lowest BCUT2D eigenvalue weighted by Crippen LogP contribution is -2.54. The quantitative estimate of drug-likeness (QED) is 0.546. The molecule has 1 atom stereocenters. The Labute approximate surface area is 171 Å². The summed E-state index contributed by atoms with van der Waals surface area (Å²) in [6.45, 7) is 1.93. The van der Waals surface area contributed by atoms with Gasteiger partial charge in [-0.25, -0.2) is 0 Å². The van der Waals surface area contributed by atoms with Crippen molar-refractivity contribution in [3.05, 3.63) is 29.3 Å². The number of hydrogen-bond acceptors (Lipinski definition) is 6. The fourth-order valence-corrected chi connectivity index (χ4v) is 4.21. The van der Waals surface area contributed by atoms with Crippen LogP contribution < -0.4 is 10.2 Å². The van der Waals surface area contributed by atoms with Gasteiger partial charge in [0.15, 0.2) is 0 Å². The van der Waals surface area contributed by atoms with Crippen LogP contribution in [0.3, 0.4) is 0 Å². The maximum atomic E-state index is 13.1. The van der Waals surface area contributed by atoms with E-state index in [0.29, 0.717) is 31.9 Å². The lowest BCUT2D eigenvalue weighted by molar-refractivity contribution is -0.136. The molecule has 3 aliphatic heterocycles. The normalized spacial score (nSPS) is 22.1. The summed E-state index contributed by atoms with van der Waals surface area (Å²) in [5.41, 5.74) is 1.12. The number of anilines is 1. The van der Waals surface area contributed by atoms with Crippen LogP contribution in [-0.2, 0) is 14.4 Å². The standard InChI is InChI=1S/C19H19ClN4O5/c20-10-15(26)23-8-6-22(7-9-23)12-3-1-2-11-16(12)19(29)24(18(11)28)13-4-5-14(25)21-17(13)27/h1-3,13H,4-10H2,(H,21,25,27). The van der Waals surface area contributed by atoms with Gasteiger partial charge in [-0.1, -0.05) is 6.07 Å². The van der Waals surface area contributed by atoms with E-state index in [1.165, 1.54) is 0 Å². The molecule has 3 heterocycles. The number of piperazine rings is 1. The van der Waals surface area contributed by atoms with Gasteiger partial charge in [0.2, 0.25) is 17.7 Å². The Hall–Kier alpha value is -2.94. The van der Waals surface area contributed by atoms with E-state index in [1.54, 1.807) is 23.1 Å². The summed E-state index contributed by atoms with van der Waals surface area (Å²) >= 11 is 5.62. The molecule has 9 nitrogen and oxygen atoms in total. The molecule has 1 unspecified atom stereocenters. The van der Waals surface area contributed by atoms with Crippen molar-refractivity contribution in [2.45, 2.75) is 18.9 Å². The van der Waals surface area contributed by atoms with Gasteiger partial charge in [0.1, 0.15) is 11.9 Å². The van der Waals surface area contributed by atoms with Crippen molar-refractivity contribution in [2.24, 2.45) is 0 Å². The molecule has 0 spiro atoms. The average Bonchev–Trinajstić information content (AvgIpc) is 2.98. The molecule has 0 radical (unpaired) electrons. The average molecular weight is 419 g/mol. The SMILES string of the molecule is O=C1CCC(N2C(=O)c3cccc(N4CCN(C(=O)CCl)CC4)c3C2=O)C(=O)N1. The van der Waals surface area contributed by atoms with Crippen LogP contribution in [-0.4, -0.2) is 77.4 Å². The molecule has 5 amide bonds. The molecule has 152 valence electrons. The molecule has 0 aromatic heterocycles. The second-order valence-corrected chi connectivity index (χ2v) is 7.42. The Bertz CT molecular complexity index is 925. The summed E-state index contributed by atoms with van der Waals surface area (Å²) in [6, 6.07) is 4.03. The second-order valence-electron chi connectivity index (χ2n) is 7.15. The topological polar surface area (TPSA) is 107 Å². The molecule has 10 heteroatoms. The van der Waals surface area contributed by atoms with E-state index in [9.17, 15) is 24.0 Å². The summed E-state index contributed by atoms with van der Waals surface area (Å²) in [4.78, 5) is 66.0. The van der Waals surface area contributed by atoms with Crippen LogP contribution in [0.1, 0.15) is 33.6 Å². The predicted molar refractivity (Wildman–Crippen MR) is 103 cm³/mol. The van der Waals surface area contributed by atoms with Gasteiger partial charge >= 0.3 is 0 Å². The number of nitrogens with one attached hydrogen (secondary N) is 1. The number of benzene rings is 1. The Morgan fingerprint density at radius 3 is 2.45 bits per heavy atom. The summed E-state index contributed by atoms with van der Waals surface area (Å²) < 4.78 is 0. The number of carbonyl (C=O) groups excluding carboxylic acids is 5. The van der Waals surface area contributed by atoms with Gasteiger partial charge in [-0.3, -0.25) is 34.2 Å². The highest BCUT2D eigenvalue weighted by Crippen LogP contribution is 2.34. The molecule has 0 bridgehead atoms. The van der Waals surface area contributed by atoms with E-state index in [0.717, 1.165) is 4.90 Å². The zero-order valence-corrected chi connectivity index (χ0v) is 16.3. The molecule has 2 fully saturated rings. The molecule has 29 heavy (non-hydrogen) atoms. The molecule has 0 saturated carbocycles. The van der Waals surface area contributed by atoms with Crippen LogP contribution in [0.15, 0.2) is 18.2 Å². The van der Waals surface area contributed by atoms with Crippen LogP contribution in [0, 0.1) is 0 Å². The van der Waals surface area contributed by atoms with Crippen molar-refractivity contribution in [2.75, 3.05) is 37.0 Å². The van der Waals surface area contributed by atoms with Gasteiger partial charge < -0.3 is 9.80 Å². The van der Waals surface area contributed by atoms with E-state index in [-0.39, 0.29) is 35.8 Å². The van der Waals surface area contributed by atoms with Crippen molar-refractivity contribution < 1.29 is 24.0 Å². The molecule has 1 aromatic rings. The first kappa shape index (κ1) is 19.4. The van der Waals surface area contributed by atoms with Crippen LogP contribution in [0.5, 0.6) is 0 Å². The number of carbonyl (C=O) groups is 5. The first-order valence-electron chi connectivity index (χ1n) is 9.35. The summed E-state index contributed by atoms with van der Waals surface area (Å²) in [7, 11) is 0. The van der Waals surface area contributed by atoms with Crippen molar-refractivity contribution in [3.8, 4) is 0 Å². The Balaban J connectivity index is 1.60. The van der Waals surface area contributed by atoms with E-state index < -0.39 is 29.7 Å². The first-order chi connectivity index (χ1) is 13.9. The van der Waals surface area contributed by atoms with E-state index in [2.05, 4.69) is 5.32 Å². The minimum atomic E-state index is -0.994. The number of fused-ring (bicyclic) bond motifs is 1. The predicted octanol–water partition coefficient (Wildman–Crippen LogP) is -0.0248. The van der Waals surface area contributed by atoms with Gasteiger partial charge in [0, 0.05) is 32.6 Å². The fourth-order valence-electron chi connectivity index (χ4n) is 4.04. The molecular formula is C19H19ClN4O5. The monoisotopic (exact) mass is 418 g/mol. The number of piperidine rings is 1. The Kier molecular flexibility index (Phi) is 4.99. The highest BCUT2D eigenvalue weighted by atomic mass is 35.5. The van der Waals surface area contributed by atoms with Crippen molar-refractivity contribution >= 4 is 46.8 Å². The summed E-state index contributed by atoms with van der Waals surface area (Å²) in [6.07, 6.45) is 0.192. The van der Waals surface area contributed by atoms with Crippen LogP contribution in [0.25, 0.3) is 0 Å². The lowest BCUT2D eigenvalue weighted by atomic mass is 10.0. The number of hydrogen-bond donors (Lipinski definition) is 1.